The third-order valence-corrected chi connectivity index (χ3v) is 5.03. The third-order valence-electron chi connectivity index (χ3n) is 5.03. The molecule has 2 atom stereocenters. The second kappa shape index (κ2) is 4.46. The monoisotopic (exact) mass is 255 g/mol. The molecule has 106 valence electrons. The maximum absolute atomic E-state index is 6.24. The van der Waals surface area contributed by atoms with Gasteiger partial charge in [0, 0.05) is 19.1 Å². The number of ether oxygens (including phenoxy) is 2. The second-order valence-corrected chi connectivity index (χ2v) is 7.16. The first-order valence-corrected chi connectivity index (χ1v) is 7.19. The Labute approximate surface area is 112 Å². The van der Waals surface area contributed by atoms with Crippen LogP contribution in [0.25, 0.3) is 0 Å². The lowest BCUT2D eigenvalue weighted by atomic mass is 9.66. The topological polar surface area (TPSA) is 30.5 Å². The van der Waals surface area contributed by atoms with E-state index in [2.05, 4.69) is 40.1 Å². The highest BCUT2D eigenvalue weighted by Crippen LogP contribution is 2.50. The molecule has 1 aliphatic heterocycles. The zero-order valence-electron chi connectivity index (χ0n) is 12.8. The molecule has 3 heteroatoms. The van der Waals surface area contributed by atoms with Gasteiger partial charge in [-0.05, 0) is 60.4 Å². The maximum Gasteiger partial charge on any atom is 0.0834 e. The van der Waals surface area contributed by atoms with E-state index < -0.39 is 0 Å². The van der Waals surface area contributed by atoms with Crippen molar-refractivity contribution in [3.8, 4) is 0 Å². The number of methoxy groups -OCH3 is 1. The average molecular weight is 255 g/mol. The van der Waals surface area contributed by atoms with Crippen molar-refractivity contribution in [1.82, 2.24) is 5.32 Å². The van der Waals surface area contributed by atoms with Gasteiger partial charge in [-0.2, -0.15) is 0 Å². The van der Waals surface area contributed by atoms with E-state index in [-0.39, 0.29) is 16.8 Å². The molecule has 2 unspecified atom stereocenters. The first kappa shape index (κ1) is 14.3. The average Bonchev–Trinajstić information content (AvgIpc) is 2.40. The smallest absolute Gasteiger partial charge is 0.0834 e. The SMILES string of the molecule is CNC(C1CC(C)(C)OC1(C)C)C1(OC)CCC1. The number of hydrogen-bond acceptors (Lipinski definition) is 3. The summed E-state index contributed by atoms with van der Waals surface area (Å²) in [7, 11) is 3.92. The number of rotatable bonds is 4. The van der Waals surface area contributed by atoms with Gasteiger partial charge in [-0.3, -0.25) is 0 Å². The Morgan fingerprint density at radius 2 is 1.83 bits per heavy atom. The highest BCUT2D eigenvalue weighted by molar-refractivity contribution is 5.09. The standard InChI is InChI=1S/C15H29NO2/c1-13(2)10-11(14(3,4)18-13)12(16-5)15(17-6)8-7-9-15/h11-12,16H,7-10H2,1-6H3. The molecule has 1 saturated heterocycles. The predicted molar refractivity (Wildman–Crippen MR) is 73.8 cm³/mol. The Morgan fingerprint density at radius 1 is 1.22 bits per heavy atom. The molecule has 1 N–H and O–H groups in total. The van der Waals surface area contributed by atoms with E-state index >= 15 is 0 Å². The first-order chi connectivity index (χ1) is 8.26. The predicted octanol–water partition coefficient (Wildman–Crippen LogP) is 2.74. The lowest BCUT2D eigenvalue weighted by Gasteiger charge is -2.50. The molecule has 0 aromatic carbocycles. The highest BCUT2D eigenvalue weighted by atomic mass is 16.5. The van der Waals surface area contributed by atoms with Gasteiger partial charge < -0.3 is 14.8 Å². The molecule has 2 aliphatic rings. The van der Waals surface area contributed by atoms with Gasteiger partial charge in [-0.25, -0.2) is 0 Å². The summed E-state index contributed by atoms with van der Waals surface area (Å²) in [4.78, 5) is 0. The molecule has 2 fully saturated rings. The summed E-state index contributed by atoms with van der Waals surface area (Å²) in [5.41, 5.74) is -0.0826. The molecule has 0 spiro atoms. The molecule has 18 heavy (non-hydrogen) atoms. The summed E-state index contributed by atoms with van der Waals surface area (Å²) < 4.78 is 12.1. The molecule has 1 heterocycles. The summed E-state index contributed by atoms with van der Waals surface area (Å²) in [6.45, 7) is 8.83. The maximum atomic E-state index is 6.24. The van der Waals surface area contributed by atoms with Gasteiger partial charge in [-0.1, -0.05) is 0 Å². The van der Waals surface area contributed by atoms with Gasteiger partial charge in [0.25, 0.3) is 0 Å². The molecule has 0 radical (unpaired) electrons. The number of nitrogens with one attached hydrogen (secondary N) is 1. The third kappa shape index (κ3) is 2.21. The van der Waals surface area contributed by atoms with Gasteiger partial charge in [-0.15, -0.1) is 0 Å². The lowest BCUT2D eigenvalue weighted by molar-refractivity contribution is -0.131. The van der Waals surface area contributed by atoms with Crippen LogP contribution in [0.3, 0.4) is 0 Å². The van der Waals surface area contributed by atoms with Crippen LogP contribution < -0.4 is 5.32 Å². The molecule has 2 rings (SSSR count). The fourth-order valence-corrected chi connectivity index (χ4v) is 4.12. The summed E-state index contributed by atoms with van der Waals surface area (Å²) in [5, 5.41) is 3.53. The fraction of sp³-hybridized carbons (Fsp3) is 1.00. The molecule has 1 aliphatic carbocycles. The van der Waals surface area contributed by atoms with Crippen molar-refractivity contribution >= 4 is 0 Å². The Hall–Kier alpha value is -0.120. The molecule has 0 bridgehead atoms. The molecular weight excluding hydrogens is 226 g/mol. The minimum Gasteiger partial charge on any atom is -0.377 e. The minimum atomic E-state index is -0.0850. The van der Waals surface area contributed by atoms with E-state index in [9.17, 15) is 0 Å². The van der Waals surface area contributed by atoms with Crippen LogP contribution in [0.15, 0.2) is 0 Å². The summed E-state index contributed by atoms with van der Waals surface area (Å²) >= 11 is 0. The van der Waals surface area contributed by atoms with Crippen LogP contribution in [0, 0.1) is 5.92 Å². The Morgan fingerprint density at radius 3 is 2.11 bits per heavy atom. The quantitative estimate of drug-likeness (QED) is 0.838. The van der Waals surface area contributed by atoms with Gasteiger partial charge in [0.2, 0.25) is 0 Å². The largest absolute Gasteiger partial charge is 0.377 e. The summed E-state index contributed by atoms with van der Waals surface area (Å²) in [6.07, 6.45) is 4.71. The Balaban J connectivity index is 2.23. The number of hydrogen-bond donors (Lipinski definition) is 1. The summed E-state index contributed by atoms with van der Waals surface area (Å²) in [6, 6.07) is 0.382. The fourth-order valence-electron chi connectivity index (χ4n) is 4.12. The van der Waals surface area contributed by atoms with Crippen molar-refractivity contribution in [3.05, 3.63) is 0 Å². The van der Waals surface area contributed by atoms with Crippen molar-refractivity contribution < 1.29 is 9.47 Å². The van der Waals surface area contributed by atoms with E-state index in [1.54, 1.807) is 0 Å². The molecule has 0 aromatic rings. The van der Waals surface area contributed by atoms with Gasteiger partial charge in [0.05, 0.1) is 16.8 Å². The van der Waals surface area contributed by atoms with Crippen LogP contribution >= 0.6 is 0 Å². The van der Waals surface area contributed by atoms with Crippen molar-refractivity contribution in [2.24, 2.45) is 5.92 Å². The Kier molecular flexibility index (Phi) is 3.54. The number of likely N-dealkylation sites (N-methyl/N-ethyl adjacent to an activating group) is 1. The molecule has 0 amide bonds. The zero-order valence-corrected chi connectivity index (χ0v) is 12.8. The lowest BCUT2D eigenvalue weighted by Crippen LogP contribution is -2.61. The van der Waals surface area contributed by atoms with Crippen LogP contribution in [0.4, 0.5) is 0 Å². The minimum absolute atomic E-state index is 0.0258. The normalized spacial score (nSPS) is 34.0. The second-order valence-electron chi connectivity index (χ2n) is 7.16. The van der Waals surface area contributed by atoms with Crippen LogP contribution in [0.1, 0.15) is 53.4 Å². The molecule has 3 nitrogen and oxygen atoms in total. The van der Waals surface area contributed by atoms with Crippen molar-refractivity contribution in [2.45, 2.75) is 76.2 Å². The van der Waals surface area contributed by atoms with E-state index in [1.807, 2.05) is 7.11 Å². The van der Waals surface area contributed by atoms with Crippen molar-refractivity contribution in [3.63, 3.8) is 0 Å². The summed E-state index contributed by atoms with van der Waals surface area (Å²) in [5.74, 6) is 0.498. The van der Waals surface area contributed by atoms with Gasteiger partial charge >= 0.3 is 0 Å². The zero-order chi connectivity index (χ0) is 13.6. The van der Waals surface area contributed by atoms with E-state index in [1.165, 1.54) is 19.3 Å². The molecule has 0 aromatic heterocycles. The molecule has 1 saturated carbocycles. The van der Waals surface area contributed by atoms with Crippen LogP contribution in [-0.4, -0.2) is 37.0 Å². The Bertz CT molecular complexity index is 302. The van der Waals surface area contributed by atoms with Gasteiger partial charge in [0.1, 0.15) is 0 Å². The first-order valence-electron chi connectivity index (χ1n) is 7.19. The van der Waals surface area contributed by atoms with E-state index in [4.69, 9.17) is 9.47 Å². The van der Waals surface area contributed by atoms with E-state index in [0.717, 1.165) is 6.42 Å². The van der Waals surface area contributed by atoms with E-state index in [0.29, 0.717) is 12.0 Å². The van der Waals surface area contributed by atoms with Crippen molar-refractivity contribution in [2.75, 3.05) is 14.2 Å². The molecular formula is C15H29NO2. The van der Waals surface area contributed by atoms with Crippen LogP contribution in [0.2, 0.25) is 0 Å². The van der Waals surface area contributed by atoms with Crippen LogP contribution in [-0.2, 0) is 9.47 Å². The van der Waals surface area contributed by atoms with Gasteiger partial charge in [0.15, 0.2) is 0 Å². The van der Waals surface area contributed by atoms with Crippen LogP contribution in [0.5, 0.6) is 0 Å². The highest BCUT2D eigenvalue weighted by Gasteiger charge is 2.56. The van der Waals surface area contributed by atoms with Crippen molar-refractivity contribution in [1.29, 1.82) is 0 Å².